The third kappa shape index (κ3) is 3.37. The largest absolute Gasteiger partial charge is 0.481 e. The average Bonchev–Trinajstić information content (AvgIpc) is 2.40. The zero-order chi connectivity index (χ0) is 13.8. The first-order chi connectivity index (χ1) is 9.09. The Morgan fingerprint density at radius 1 is 1.05 bits per heavy atom. The molecule has 1 fully saturated rings. The molecular formula is C17H24O2. The number of hydrogen-bond acceptors (Lipinski definition) is 1. The fourth-order valence-electron chi connectivity index (χ4n) is 3.17. The molecule has 1 atom stereocenters. The highest BCUT2D eigenvalue weighted by atomic mass is 16.4. The van der Waals surface area contributed by atoms with E-state index in [0.29, 0.717) is 11.8 Å². The molecule has 0 spiro atoms. The van der Waals surface area contributed by atoms with E-state index >= 15 is 0 Å². The number of carbonyl (C=O) groups is 1. The van der Waals surface area contributed by atoms with E-state index in [2.05, 4.69) is 26.0 Å². The molecule has 0 saturated heterocycles. The molecule has 1 aliphatic carbocycles. The highest BCUT2D eigenvalue weighted by Crippen LogP contribution is 2.36. The summed E-state index contributed by atoms with van der Waals surface area (Å²) in [6, 6.07) is 8.20. The van der Waals surface area contributed by atoms with Crippen molar-refractivity contribution in [1.82, 2.24) is 0 Å². The molecule has 2 heteroatoms. The van der Waals surface area contributed by atoms with Crippen LogP contribution in [-0.2, 0) is 4.79 Å². The van der Waals surface area contributed by atoms with Crippen LogP contribution in [-0.4, -0.2) is 11.1 Å². The predicted molar refractivity (Wildman–Crippen MR) is 77.5 cm³/mol. The van der Waals surface area contributed by atoms with Gasteiger partial charge in [0, 0.05) is 0 Å². The maximum atomic E-state index is 11.6. The van der Waals surface area contributed by atoms with Gasteiger partial charge in [-0.3, -0.25) is 4.79 Å². The van der Waals surface area contributed by atoms with Crippen molar-refractivity contribution in [2.24, 2.45) is 5.92 Å². The lowest BCUT2D eigenvalue weighted by Gasteiger charge is -2.28. The standard InChI is InChI=1S/C17H24O2/c1-12(2)13-8-10-15(11-9-13)16(17(18)19)14-6-4-3-5-7-14/h8-12,14,16H,3-7H2,1-2H3,(H,18,19). The van der Waals surface area contributed by atoms with Gasteiger partial charge in [-0.25, -0.2) is 0 Å². The first-order valence-electron chi connectivity index (χ1n) is 7.42. The Labute approximate surface area is 115 Å². The summed E-state index contributed by atoms with van der Waals surface area (Å²) in [5.41, 5.74) is 2.25. The summed E-state index contributed by atoms with van der Waals surface area (Å²) < 4.78 is 0. The van der Waals surface area contributed by atoms with Crippen LogP contribution in [0.5, 0.6) is 0 Å². The molecule has 2 nitrogen and oxygen atoms in total. The van der Waals surface area contributed by atoms with E-state index in [1.54, 1.807) is 0 Å². The topological polar surface area (TPSA) is 37.3 Å². The molecule has 0 heterocycles. The first kappa shape index (κ1) is 14.1. The van der Waals surface area contributed by atoms with Gasteiger partial charge in [0.05, 0.1) is 5.92 Å². The maximum absolute atomic E-state index is 11.6. The van der Waals surface area contributed by atoms with Crippen molar-refractivity contribution in [3.63, 3.8) is 0 Å². The van der Waals surface area contributed by atoms with Gasteiger partial charge >= 0.3 is 5.97 Å². The third-order valence-electron chi connectivity index (χ3n) is 4.35. The van der Waals surface area contributed by atoms with E-state index in [9.17, 15) is 9.90 Å². The number of aliphatic carboxylic acids is 1. The second-order valence-electron chi connectivity index (χ2n) is 6.04. The van der Waals surface area contributed by atoms with Gasteiger partial charge in [-0.15, -0.1) is 0 Å². The smallest absolute Gasteiger partial charge is 0.311 e. The van der Waals surface area contributed by atoms with Crippen LogP contribution in [0.15, 0.2) is 24.3 Å². The summed E-state index contributed by atoms with van der Waals surface area (Å²) in [4.78, 5) is 11.6. The summed E-state index contributed by atoms with van der Waals surface area (Å²) in [7, 11) is 0. The van der Waals surface area contributed by atoms with Crippen LogP contribution in [0.25, 0.3) is 0 Å². The van der Waals surface area contributed by atoms with Gasteiger partial charge in [0.1, 0.15) is 0 Å². The molecule has 0 radical (unpaired) electrons. The molecule has 1 saturated carbocycles. The minimum Gasteiger partial charge on any atom is -0.481 e. The molecule has 0 aromatic heterocycles. The molecule has 0 bridgehead atoms. The molecule has 2 rings (SSSR count). The number of rotatable bonds is 4. The number of carboxylic acid groups (broad SMARTS) is 1. The fourth-order valence-corrected chi connectivity index (χ4v) is 3.17. The zero-order valence-electron chi connectivity index (χ0n) is 11.9. The lowest BCUT2D eigenvalue weighted by atomic mass is 9.76. The molecule has 0 amide bonds. The lowest BCUT2D eigenvalue weighted by molar-refractivity contribution is -0.140. The van der Waals surface area contributed by atoms with Crippen molar-refractivity contribution in [3.8, 4) is 0 Å². The predicted octanol–water partition coefficient (Wildman–Crippen LogP) is 4.56. The minimum atomic E-state index is -0.663. The van der Waals surface area contributed by atoms with Crippen LogP contribution in [0.3, 0.4) is 0 Å². The van der Waals surface area contributed by atoms with E-state index in [1.807, 2.05) is 12.1 Å². The Bertz CT molecular complexity index is 413. The van der Waals surface area contributed by atoms with Crippen LogP contribution >= 0.6 is 0 Å². The third-order valence-corrected chi connectivity index (χ3v) is 4.35. The van der Waals surface area contributed by atoms with Crippen molar-refractivity contribution < 1.29 is 9.90 Å². The maximum Gasteiger partial charge on any atom is 0.311 e. The molecule has 1 aromatic carbocycles. The summed E-state index contributed by atoms with van der Waals surface area (Å²) >= 11 is 0. The Hall–Kier alpha value is -1.31. The van der Waals surface area contributed by atoms with E-state index in [4.69, 9.17) is 0 Å². The van der Waals surface area contributed by atoms with E-state index < -0.39 is 5.97 Å². The summed E-state index contributed by atoms with van der Waals surface area (Å²) in [6.45, 7) is 4.32. The van der Waals surface area contributed by atoms with Crippen LogP contribution in [0, 0.1) is 5.92 Å². The Morgan fingerprint density at radius 3 is 2.05 bits per heavy atom. The summed E-state index contributed by atoms with van der Waals surface area (Å²) in [5.74, 6) is -0.172. The van der Waals surface area contributed by atoms with Gasteiger partial charge in [0.2, 0.25) is 0 Å². The normalized spacial score (nSPS) is 18.5. The van der Waals surface area contributed by atoms with Gasteiger partial charge in [0.15, 0.2) is 0 Å². The molecule has 1 aromatic rings. The fraction of sp³-hybridized carbons (Fsp3) is 0.588. The molecular weight excluding hydrogens is 236 g/mol. The van der Waals surface area contributed by atoms with Gasteiger partial charge < -0.3 is 5.11 Å². The van der Waals surface area contributed by atoms with E-state index in [0.717, 1.165) is 18.4 Å². The van der Waals surface area contributed by atoms with E-state index in [-0.39, 0.29) is 5.92 Å². The Balaban J connectivity index is 2.20. The lowest BCUT2D eigenvalue weighted by Crippen LogP contribution is -2.23. The number of carboxylic acids is 1. The van der Waals surface area contributed by atoms with Gasteiger partial charge in [-0.2, -0.15) is 0 Å². The SMILES string of the molecule is CC(C)c1ccc(C(C(=O)O)C2CCCCC2)cc1. The first-order valence-corrected chi connectivity index (χ1v) is 7.42. The van der Waals surface area contributed by atoms with Crippen LogP contribution < -0.4 is 0 Å². The molecule has 1 unspecified atom stereocenters. The molecule has 19 heavy (non-hydrogen) atoms. The second kappa shape index (κ2) is 6.23. The molecule has 1 aliphatic rings. The summed E-state index contributed by atoms with van der Waals surface area (Å²) in [6.07, 6.45) is 5.73. The van der Waals surface area contributed by atoms with Gasteiger partial charge in [0.25, 0.3) is 0 Å². The highest BCUT2D eigenvalue weighted by Gasteiger charge is 2.30. The highest BCUT2D eigenvalue weighted by molar-refractivity contribution is 5.76. The zero-order valence-corrected chi connectivity index (χ0v) is 11.9. The Kier molecular flexibility index (Phi) is 4.62. The minimum absolute atomic E-state index is 0.316. The van der Waals surface area contributed by atoms with Crippen molar-refractivity contribution in [2.45, 2.75) is 57.8 Å². The molecule has 104 valence electrons. The van der Waals surface area contributed by atoms with Crippen LogP contribution in [0.2, 0.25) is 0 Å². The van der Waals surface area contributed by atoms with Crippen molar-refractivity contribution in [3.05, 3.63) is 35.4 Å². The average molecular weight is 260 g/mol. The molecule has 1 N–H and O–H groups in total. The van der Waals surface area contributed by atoms with Crippen LogP contribution in [0.4, 0.5) is 0 Å². The van der Waals surface area contributed by atoms with E-state index in [1.165, 1.54) is 24.8 Å². The van der Waals surface area contributed by atoms with Gasteiger partial charge in [-0.1, -0.05) is 57.4 Å². The van der Waals surface area contributed by atoms with Crippen LogP contribution in [0.1, 0.15) is 68.9 Å². The number of benzene rings is 1. The second-order valence-corrected chi connectivity index (χ2v) is 6.04. The van der Waals surface area contributed by atoms with Crippen molar-refractivity contribution >= 4 is 5.97 Å². The van der Waals surface area contributed by atoms with Gasteiger partial charge in [-0.05, 0) is 35.8 Å². The molecule has 0 aliphatic heterocycles. The summed E-state index contributed by atoms with van der Waals surface area (Å²) in [5, 5.41) is 9.56. The monoisotopic (exact) mass is 260 g/mol. The quantitative estimate of drug-likeness (QED) is 0.861. The Morgan fingerprint density at radius 2 is 1.58 bits per heavy atom. The van der Waals surface area contributed by atoms with Crippen molar-refractivity contribution in [2.75, 3.05) is 0 Å². The number of hydrogen-bond donors (Lipinski definition) is 1. The van der Waals surface area contributed by atoms with Crippen molar-refractivity contribution in [1.29, 1.82) is 0 Å².